The average molecular weight is 499 g/mol. The van der Waals surface area contributed by atoms with E-state index in [9.17, 15) is 14.4 Å². The number of nitrogens with one attached hydrogen (secondary N) is 1. The Morgan fingerprint density at radius 2 is 1.57 bits per heavy atom. The molecular formula is C28H26N4O5. The number of methoxy groups -OCH3 is 1. The highest BCUT2D eigenvalue weighted by molar-refractivity contribution is 6.45. The summed E-state index contributed by atoms with van der Waals surface area (Å²) in [5.74, 6) is -0.711. The molecule has 5 rings (SSSR count). The first-order valence-electron chi connectivity index (χ1n) is 12.0. The van der Waals surface area contributed by atoms with Gasteiger partial charge in [0.25, 0.3) is 17.6 Å². The number of rotatable bonds is 7. The quantitative estimate of drug-likeness (QED) is 0.310. The first-order chi connectivity index (χ1) is 18.1. The highest BCUT2D eigenvalue weighted by Gasteiger charge is 2.31. The lowest BCUT2D eigenvalue weighted by atomic mass is 10.1. The molecule has 188 valence electrons. The summed E-state index contributed by atoms with van der Waals surface area (Å²) >= 11 is 0. The Morgan fingerprint density at radius 1 is 0.919 bits per heavy atom. The normalized spacial score (nSPS) is 13.4. The van der Waals surface area contributed by atoms with E-state index in [4.69, 9.17) is 9.47 Å². The lowest BCUT2D eigenvalue weighted by Gasteiger charge is -2.34. The van der Waals surface area contributed by atoms with Crippen molar-refractivity contribution in [2.24, 2.45) is 0 Å². The van der Waals surface area contributed by atoms with Crippen molar-refractivity contribution in [1.82, 2.24) is 19.8 Å². The maximum absolute atomic E-state index is 13.4. The molecule has 0 unspecified atom stereocenters. The number of fused-ring (bicyclic) bond motifs is 1. The summed E-state index contributed by atoms with van der Waals surface area (Å²) in [4.78, 5) is 49.8. The molecule has 1 aliphatic rings. The zero-order valence-corrected chi connectivity index (χ0v) is 20.3. The van der Waals surface area contributed by atoms with Crippen molar-refractivity contribution < 1.29 is 23.9 Å². The molecule has 9 heteroatoms. The van der Waals surface area contributed by atoms with Gasteiger partial charge < -0.3 is 24.3 Å². The number of carbonyl (C=O) groups excluding carboxylic acids is 3. The first kappa shape index (κ1) is 24.1. The molecule has 37 heavy (non-hydrogen) atoms. The number of pyridine rings is 1. The molecule has 2 amide bonds. The number of Topliss-reactive ketones (excluding diaryl/α,β-unsaturated/α-hetero) is 1. The van der Waals surface area contributed by atoms with Gasteiger partial charge in [0.1, 0.15) is 17.9 Å². The monoisotopic (exact) mass is 498 g/mol. The van der Waals surface area contributed by atoms with Crippen molar-refractivity contribution in [2.45, 2.75) is 6.61 Å². The summed E-state index contributed by atoms with van der Waals surface area (Å²) in [6, 6.07) is 18.6. The Kier molecular flexibility index (Phi) is 6.85. The molecular weight excluding hydrogens is 472 g/mol. The van der Waals surface area contributed by atoms with Gasteiger partial charge in [-0.15, -0.1) is 0 Å². The second kappa shape index (κ2) is 10.5. The molecule has 0 bridgehead atoms. The molecule has 3 heterocycles. The van der Waals surface area contributed by atoms with Crippen LogP contribution in [0.15, 0.2) is 73.1 Å². The molecule has 2 aromatic heterocycles. The van der Waals surface area contributed by atoms with E-state index in [1.165, 1.54) is 24.4 Å². The zero-order valence-electron chi connectivity index (χ0n) is 20.3. The van der Waals surface area contributed by atoms with Crippen molar-refractivity contribution in [1.29, 1.82) is 0 Å². The first-order valence-corrected chi connectivity index (χ1v) is 12.0. The molecule has 0 aliphatic carbocycles. The van der Waals surface area contributed by atoms with E-state index < -0.39 is 11.7 Å². The number of amides is 2. The Morgan fingerprint density at radius 3 is 2.24 bits per heavy atom. The fourth-order valence-corrected chi connectivity index (χ4v) is 4.41. The number of hydrogen-bond acceptors (Lipinski definition) is 6. The van der Waals surface area contributed by atoms with Crippen molar-refractivity contribution in [2.75, 3.05) is 33.3 Å². The minimum absolute atomic E-state index is 0.0875. The van der Waals surface area contributed by atoms with Crippen LogP contribution in [-0.4, -0.2) is 70.7 Å². The van der Waals surface area contributed by atoms with E-state index >= 15 is 0 Å². The highest BCUT2D eigenvalue weighted by atomic mass is 16.5. The fraction of sp³-hybridized carbons (Fsp3) is 0.214. The predicted octanol–water partition coefficient (Wildman–Crippen LogP) is 3.32. The molecule has 0 saturated carbocycles. The lowest BCUT2D eigenvalue weighted by molar-refractivity contribution is -0.127. The van der Waals surface area contributed by atoms with Crippen molar-refractivity contribution >= 4 is 28.5 Å². The van der Waals surface area contributed by atoms with E-state index in [1.54, 1.807) is 17.0 Å². The summed E-state index contributed by atoms with van der Waals surface area (Å²) in [6.07, 6.45) is 2.98. The van der Waals surface area contributed by atoms with Crippen molar-refractivity contribution in [3.8, 4) is 11.6 Å². The summed E-state index contributed by atoms with van der Waals surface area (Å²) in [6.45, 7) is 1.52. The molecule has 1 saturated heterocycles. The third-order valence-corrected chi connectivity index (χ3v) is 6.38. The van der Waals surface area contributed by atoms with Gasteiger partial charge in [0.15, 0.2) is 0 Å². The molecule has 0 spiro atoms. The summed E-state index contributed by atoms with van der Waals surface area (Å²) in [5, 5.41) is 0.444. The lowest BCUT2D eigenvalue weighted by Crippen LogP contribution is -2.52. The van der Waals surface area contributed by atoms with E-state index in [0.717, 1.165) is 5.56 Å². The third kappa shape index (κ3) is 4.88. The second-order valence-corrected chi connectivity index (χ2v) is 8.64. The summed E-state index contributed by atoms with van der Waals surface area (Å²) < 4.78 is 11.3. The Bertz CT molecular complexity index is 1430. The number of aromatic amines is 1. The molecule has 1 aliphatic heterocycles. The molecule has 4 aromatic rings. The number of benzene rings is 2. The Balaban J connectivity index is 1.33. The molecule has 2 aromatic carbocycles. The van der Waals surface area contributed by atoms with E-state index in [0.29, 0.717) is 41.2 Å². The smallest absolute Gasteiger partial charge is 0.295 e. The van der Waals surface area contributed by atoms with Crippen LogP contribution in [0.4, 0.5) is 0 Å². The number of piperazine rings is 1. The van der Waals surface area contributed by atoms with Crippen LogP contribution in [0.3, 0.4) is 0 Å². The number of ketones is 1. The van der Waals surface area contributed by atoms with Crippen molar-refractivity contribution in [3.05, 3.63) is 89.7 Å². The Hall–Kier alpha value is -4.66. The number of aromatic nitrogens is 2. The van der Waals surface area contributed by atoms with E-state index in [2.05, 4.69) is 9.97 Å². The second-order valence-electron chi connectivity index (χ2n) is 8.64. The standard InChI is InChI=1S/C28H26N4O5/c1-36-26-24-23(22(17-30-26)37-18-19-8-4-2-5-9-19)21(16-29-24)25(33)28(35)32-14-12-31(13-15-32)27(34)20-10-6-3-7-11-20/h2-11,16-17,29H,12-15,18H2,1H3. The van der Waals surface area contributed by atoms with Gasteiger partial charge >= 0.3 is 0 Å². The van der Waals surface area contributed by atoms with Gasteiger partial charge in [-0.05, 0) is 17.7 Å². The number of carbonyl (C=O) groups is 3. The van der Waals surface area contributed by atoms with Crippen LogP contribution < -0.4 is 9.47 Å². The van der Waals surface area contributed by atoms with Crippen LogP contribution in [0.1, 0.15) is 26.3 Å². The highest BCUT2D eigenvalue weighted by Crippen LogP contribution is 2.34. The van der Waals surface area contributed by atoms with Gasteiger partial charge in [0.2, 0.25) is 5.88 Å². The van der Waals surface area contributed by atoms with Gasteiger partial charge in [-0.1, -0.05) is 48.5 Å². The fourth-order valence-electron chi connectivity index (χ4n) is 4.41. The van der Waals surface area contributed by atoms with Crippen LogP contribution >= 0.6 is 0 Å². The van der Waals surface area contributed by atoms with Crippen LogP contribution in [0.25, 0.3) is 10.9 Å². The molecule has 0 radical (unpaired) electrons. The maximum Gasteiger partial charge on any atom is 0.295 e. The molecule has 0 atom stereocenters. The van der Waals surface area contributed by atoms with Crippen LogP contribution in [-0.2, 0) is 11.4 Å². The SMILES string of the molecule is COc1ncc(OCc2ccccc2)c2c(C(=O)C(=O)N3CCN(C(=O)c4ccccc4)CC3)c[nH]c12. The Labute approximate surface area is 213 Å². The van der Waals surface area contributed by atoms with Gasteiger partial charge in [-0.3, -0.25) is 14.4 Å². The number of ether oxygens (including phenoxy) is 2. The van der Waals surface area contributed by atoms with E-state index in [-0.39, 0.29) is 31.2 Å². The molecule has 9 nitrogen and oxygen atoms in total. The van der Waals surface area contributed by atoms with Gasteiger partial charge in [-0.2, -0.15) is 0 Å². The van der Waals surface area contributed by atoms with Crippen LogP contribution in [0, 0.1) is 0 Å². The third-order valence-electron chi connectivity index (χ3n) is 6.38. The average Bonchev–Trinajstić information content (AvgIpc) is 3.41. The minimum atomic E-state index is -0.660. The minimum Gasteiger partial charge on any atom is -0.487 e. The summed E-state index contributed by atoms with van der Waals surface area (Å²) in [5.41, 5.74) is 2.21. The number of nitrogens with zero attached hydrogens (tertiary/aromatic N) is 3. The van der Waals surface area contributed by atoms with Gasteiger partial charge in [-0.25, -0.2) is 4.98 Å². The zero-order chi connectivity index (χ0) is 25.8. The number of hydrogen-bond donors (Lipinski definition) is 1. The molecule has 1 fully saturated rings. The van der Waals surface area contributed by atoms with Crippen LogP contribution in [0.2, 0.25) is 0 Å². The summed E-state index contributed by atoms with van der Waals surface area (Å²) in [7, 11) is 1.48. The van der Waals surface area contributed by atoms with Crippen molar-refractivity contribution in [3.63, 3.8) is 0 Å². The maximum atomic E-state index is 13.4. The van der Waals surface area contributed by atoms with E-state index in [1.807, 2.05) is 48.5 Å². The topological polar surface area (TPSA) is 105 Å². The largest absolute Gasteiger partial charge is 0.487 e. The van der Waals surface area contributed by atoms with Crippen LogP contribution in [0.5, 0.6) is 11.6 Å². The number of H-pyrrole nitrogens is 1. The predicted molar refractivity (Wildman–Crippen MR) is 137 cm³/mol. The van der Waals surface area contributed by atoms with Gasteiger partial charge in [0.05, 0.1) is 24.3 Å². The van der Waals surface area contributed by atoms with Gasteiger partial charge in [0, 0.05) is 37.9 Å². The molecule has 1 N–H and O–H groups in total.